The third-order valence-corrected chi connectivity index (χ3v) is 6.09. The molecule has 0 bridgehead atoms. The largest absolute Gasteiger partial charge is 0.472 e. The van der Waals surface area contributed by atoms with Gasteiger partial charge in [0.2, 0.25) is 0 Å². The fourth-order valence-corrected chi connectivity index (χ4v) is 4.74. The Bertz CT molecular complexity index is 960. The van der Waals surface area contributed by atoms with Gasteiger partial charge in [0.15, 0.2) is 0 Å². The average molecular weight is 377 g/mol. The average Bonchev–Trinajstić information content (AvgIpc) is 3.40. The highest BCUT2D eigenvalue weighted by atomic mass is 16.3. The van der Waals surface area contributed by atoms with E-state index in [0.29, 0.717) is 5.56 Å². The van der Waals surface area contributed by atoms with E-state index < -0.39 is 0 Å². The van der Waals surface area contributed by atoms with E-state index in [2.05, 4.69) is 39.4 Å². The van der Waals surface area contributed by atoms with Crippen molar-refractivity contribution < 1.29 is 9.21 Å². The molecule has 28 heavy (non-hydrogen) atoms. The molecule has 2 aliphatic heterocycles. The van der Waals surface area contributed by atoms with Crippen LogP contribution in [0, 0.1) is 5.41 Å². The van der Waals surface area contributed by atoms with Gasteiger partial charge in [0.25, 0.3) is 5.91 Å². The number of carbonyl (C=O) groups excluding carboxylic acids is 1. The Morgan fingerprint density at radius 2 is 2.04 bits per heavy atom. The van der Waals surface area contributed by atoms with Gasteiger partial charge in [0.05, 0.1) is 11.8 Å². The predicted molar refractivity (Wildman–Crippen MR) is 103 cm³/mol. The van der Waals surface area contributed by atoms with Gasteiger partial charge in [-0.15, -0.1) is 10.2 Å². The van der Waals surface area contributed by atoms with Gasteiger partial charge in [-0.3, -0.25) is 9.69 Å². The van der Waals surface area contributed by atoms with Gasteiger partial charge in [0, 0.05) is 51.1 Å². The van der Waals surface area contributed by atoms with Crippen LogP contribution in [0.4, 0.5) is 0 Å². The van der Waals surface area contributed by atoms with Crippen molar-refractivity contribution in [2.24, 2.45) is 12.5 Å². The lowest BCUT2D eigenvalue weighted by atomic mass is 9.71. The van der Waals surface area contributed by atoms with E-state index in [1.165, 1.54) is 11.8 Å². The molecule has 0 radical (unpaired) electrons. The second kappa shape index (κ2) is 6.60. The molecular weight excluding hydrogens is 354 g/mol. The molecule has 2 aromatic heterocycles. The van der Waals surface area contributed by atoms with Gasteiger partial charge < -0.3 is 13.9 Å². The Morgan fingerprint density at radius 1 is 1.21 bits per heavy atom. The van der Waals surface area contributed by atoms with Crippen LogP contribution in [-0.2, 0) is 13.6 Å². The van der Waals surface area contributed by atoms with Gasteiger partial charge in [-0.05, 0) is 11.6 Å². The number of rotatable bonds is 4. The molecule has 2 saturated heterocycles. The molecule has 2 fully saturated rings. The van der Waals surface area contributed by atoms with Gasteiger partial charge in [-0.25, -0.2) is 0 Å². The predicted octanol–water partition coefficient (Wildman–Crippen LogP) is 2.15. The Labute approximate surface area is 163 Å². The van der Waals surface area contributed by atoms with Crippen molar-refractivity contribution >= 4 is 5.91 Å². The van der Waals surface area contributed by atoms with Crippen molar-refractivity contribution in [1.29, 1.82) is 0 Å². The quantitative estimate of drug-likeness (QED) is 0.697. The van der Waals surface area contributed by atoms with Crippen molar-refractivity contribution in [3.05, 3.63) is 72.2 Å². The smallest absolute Gasteiger partial charge is 0.257 e. The minimum atomic E-state index is 0.0228. The second-order valence-corrected chi connectivity index (χ2v) is 8.04. The van der Waals surface area contributed by atoms with Gasteiger partial charge in [0.1, 0.15) is 18.4 Å². The summed E-state index contributed by atoms with van der Waals surface area (Å²) in [6.45, 7) is 4.26. The van der Waals surface area contributed by atoms with E-state index in [1.54, 1.807) is 18.7 Å². The number of hydrogen-bond acceptors (Lipinski definition) is 5. The third-order valence-electron chi connectivity index (χ3n) is 6.09. The number of carbonyl (C=O) groups is 1. The van der Waals surface area contributed by atoms with Crippen LogP contribution in [0.15, 0.2) is 59.7 Å². The summed E-state index contributed by atoms with van der Waals surface area (Å²) in [5, 5.41) is 8.50. The molecule has 3 aromatic rings. The van der Waals surface area contributed by atoms with Crippen molar-refractivity contribution in [1.82, 2.24) is 24.6 Å². The summed E-state index contributed by atoms with van der Waals surface area (Å²) in [7, 11) is 2.00. The first-order valence-electron chi connectivity index (χ1n) is 9.56. The number of aromatic nitrogens is 3. The zero-order valence-corrected chi connectivity index (χ0v) is 15.9. The van der Waals surface area contributed by atoms with E-state index in [4.69, 9.17) is 4.42 Å². The molecule has 4 heterocycles. The first-order chi connectivity index (χ1) is 13.6. The molecule has 5 rings (SSSR count). The summed E-state index contributed by atoms with van der Waals surface area (Å²) in [5.74, 6) is 1.31. The van der Waals surface area contributed by atoms with Gasteiger partial charge >= 0.3 is 0 Å². The standard InChI is InChI=1S/C21H23N5O2/c1-24-15-22-23-19(24)18-10-25(9-16-5-3-2-4-6-16)12-21(18)13-26(14-21)20(27)17-7-8-28-11-17/h2-8,11,15,18H,9-10,12-14H2,1H3. The zero-order valence-electron chi connectivity index (χ0n) is 15.9. The van der Waals surface area contributed by atoms with Crippen LogP contribution in [0.3, 0.4) is 0 Å². The molecule has 0 saturated carbocycles. The van der Waals surface area contributed by atoms with Crippen LogP contribution in [0.2, 0.25) is 0 Å². The lowest BCUT2D eigenvalue weighted by Gasteiger charge is -2.50. The fraction of sp³-hybridized carbons (Fsp3) is 0.381. The summed E-state index contributed by atoms with van der Waals surface area (Å²) < 4.78 is 7.09. The van der Waals surface area contributed by atoms with Crippen molar-refractivity contribution in [3.8, 4) is 0 Å². The normalized spacial score (nSPS) is 21.2. The van der Waals surface area contributed by atoms with E-state index >= 15 is 0 Å². The highest BCUT2D eigenvalue weighted by Crippen LogP contribution is 2.49. The highest BCUT2D eigenvalue weighted by Gasteiger charge is 2.57. The molecule has 1 unspecified atom stereocenters. The SMILES string of the molecule is Cn1cnnc1C1CN(Cc2ccccc2)CC12CN(C(=O)c1ccoc1)C2. The van der Waals surface area contributed by atoms with Crippen LogP contribution in [0.1, 0.15) is 27.7 Å². The monoisotopic (exact) mass is 377 g/mol. The maximum Gasteiger partial charge on any atom is 0.257 e. The van der Waals surface area contributed by atoms with Crippen molar-refractivity contribution in [2.45, 2.75) is 12.5 Å². The number of furan rings is 1. The maximum atomic E-state index is 12.7. The molecule has 1 aromatic carbocycles. The highest BCUT2D eigenvalue weighted by molar-refractivity contribution is 5.94. The first kappa shape index (κ1) is 17.2. The van der Waals surface area contributed by atoms with Gasteiger partial charge in [-0.2, -0.15) is 0 Å². The lowest BCUT2D eigenvalue weighted by Crippen LogP contribution is -2.61. The van der Waals surface area contributed by atoms with E-state index in [0.717, 1.165) is 38.5 Å². The molecule has 7 heteroatoms. The lowest BCUT2D eigenvalue weighted by molar-refractivity contribution is 0.00136. The third kappa shape index (κ3) is 2.82. The van der Waals surface area contributed by atoms with Crippen LogP contribution in [0.5, 0.6) is 0 Å². The van der Waals surface area contributed by atoms with Crippen LogP contribution >= 0.6 is 0 Å². The van der Waals surface area contributed by atoms with Crippen LogP contribution in [-0.4, -0.2) is 56.7 Å². The van der Waals surface area contributed by atoms with Crippen molar-refractivity contribution in [3.63, 3.8) is 0 Å². The topological polar surface area (TPSA) is 67.4 Å². The molecule has 7 nitrogen and oxygen atoms in total. The summed E-state index contributed by atoms with van der Waals surface area (Å²) >= 11 is 0. The Balaban J connectivity index is 1.37. The number of likely N-dealkylation sites (tertiary alicyclic amines) is 2. The van der Waals surface area contributed by atoms with Crippen molar-refractivity contribution in [2.75, 3.05) is 26.2 Å². The molecule has 1 amide bonds. The van der Waals surface area contributed by atoms with Crippen LogP contribution in [0.25, 0.3) is 0 Å². The maximum absolute atomic E-state index is 12.7. The number of aryl methyl sites for hydroxylation is 1. The second-order valence-electron chi connectivity index (χ2n) is 8.04. The Kier molecular flexibility index (Phi) is 4.05. The first-order valence-corrected chi connectivity index (χ1v) is 9.56. The molecule has 1 spiro atoms. The summed E-state index contributed by atoms with van der Waals surface area (Å²) in [6, 6.07) is 12.3. The number of amides is 1. The van der Waals surface area contributed by atoms with E-state index in [-0.39, 0.29) is 17.2 Å². The molecular formula is C21H23N5O2. The van der Waals surface area contributed by atoms with Gasteiger partial charge in [-0.1, -0.05) is 30.3 Å². The molecule has 144 valence electrons. The zero-order chi connectivity index (χ0) is 19.1. The minimum absolute atomic E-state index is 0.0228. The minimum Gasteiger partial charge on any atom is -0.472 e. The fourth-order valence-electron chi connectivity index (χ4n) is 4.74. The van der Waals surface area contributed by atoms with E-state index in [9.17, 15) is 4.79 Å². The summed E-state index contributed by atoms with van der Waals surface area (Å²) in [5.41, 5.74) is 1.95. The number of hydrogen-bond donors (Lipinski definition) is 0. The Morgan fingerprint density at radius 3 is 2.71 bits per heavy atom. The Hall–Kier alpha value is -2.93. The molecule has 0 aliphatic carbocycles. The van der Waals surface area contributed by atoms with Crippen LogP contribution < -0.4 is 0 Å². The summed E-state index contributed by atoms with van der Waals surface area (Å²) in [4.78, 5) is 17.1. The number of benzene rings is 1. The number of nitrogens with zero attached hydrogens (tertiary/aromatic N) is 5. The summed E-state index contributed by atoms with van der Waals surface area (Å²) in [6.07, 6.45) is 4.82. The van der Waals surface area contributed by atoms with E-state index in [1.807, 2.05) is 22.6 Å². The molecule has 1 atom stereocenters. The molecule has 2 aliphatic rings. The molecule has 0 N–H and O–H groups in total.